The van der Waals surface area contributed by atoms with Crippen molar-refractivity contribution in [1.82, 2.24) is 20.1 Å². The number of nitrogens with one attached hydrogen (secondary N) is 2. The van der Waals surface area contributed by atoms with E-state index in [-0.39, 0.29) is 11.8 Å². The minimum Gasteiger partial charge on any atom is -0.357 e. The van der Waals surface area contributed by atoms with Gasteiger partial charge >= 0.3 is 0 Å². The van der Waals surface area contributed by atoms with Gasteiger partial charge in [0.15, 0.2) is 0 Å². The van der Waals surface area contributed by atoms with Crippen LogP contribution in [-0.4, -0.2) is 54.0 Å². The standard InChI is InChI=1S/C14H21ClN4O2/c1-3-5-18-9-10(15)7-11(18)14(21)19-6-4-17-8-12(19)13(20)16-2/h7,9,12,17H,3-6,8H2,1-2H3,(H,16,20). The van der Waals surface area contributed by atoms with Crippen LogP contribution < -0.4 is 10.6 Å². The molecule has 7 heteroatoms. The second kappa shape index (κ2) is 6.95. The Bertz CT molecular complexity index is 529. The van der Waals surface area contributed by atoms with Gasteiger partial charge in [-0.2, -0.15) is 0 Å². The number of halogens is 1. The lowest BCUT2D eigenvalue weighted by molar-refractivity contribution is -0.125. The van der Waals surface area contributed by atoms with Crippen molar-refractivity contribution in [3.05, 3.63) is 23.0 Å². The molecule has 1 atom stereocenters. The number of amides is 2. The summed E-state index contributed by atoms with van der Waals surface area (Å²) in [6.45, 7) is 4.42. The van der Waals surface area contributed by atoms with E-state index in [1.807, 2.05) is 11.5 Å². The molecule has 2 heterocycles. The SMILES string of the molecule is CCCn1cc(Cl)cc1C(=O)N1CCNCC1C(=O)NC. The highest BCUT2D eigenvalue weighted by molar-refractivity contribution is 6.31. The molecule has 0 bridgehead atoms. The monoisotopic (exact) mass is 312 g/mol. The highest BCUT2D eigenvalue weighted by atomic mass is 35.5. The van der Waals surface area contributed by atoms with E-state index in [4.69, 9.17) is 11.6 Å². The average molecular weight is 313 g/mol. The summed E-state index contributed by atoms with van der Waals surface area (Å²) in [4.78, 5) is 26.3. The van der Waals surface area contributed by atoms with Crippen LogP contribution in [0.2, 0.25) is 5.02 Å². The molecule has 0 saturated carbocycles. The number of hydrogen-bond donors (Lipinski definition) is 2. The third-order valence-corrected chi connectivity index (χ3v) is 3.81. The molecule has 2 N–H and O–H groups in total. The predicted octanol–water partition coefficient (Wildman–Crippen LogP) is 0.711. The number of aryl methyl sites for hydroxylation is 1. The average Bonchev–Trinajstić information content (AvgIpc) is 2.87. The van der Waals surface area contributed by atoms with Gasteiger partial charge in [-0.15, -0.1) is 0 Å². The number of hydrogen-bond acceptors (Lipinski definition) is 3. The quantitative estimate of drug-likeness (QED) is 0.860. The minimum atomic E-state index is -0.486. The van der Waals surface area contributed by atoms with E-state index in [1.54, 1.807) is 24.2 Å². The highest BCUT2D eigenvalue weighted by Crippen LogP contribution is 2.18. The molecule has 1 aliphatic heterocycles. The summed E-state index contributed by atoms with van der Waals surface area (Å²) >= 11 is 6.03. The van der Waals surface area contributed by atoms with Gasteiger partial charge in [0.1, 0.15) is 11.7 Å². The van der Waals surface area contributed by atoms with E-state index < -0.39 is 6.04 Å². The molecule has 116 valence electrons. The Morgan fingerprint density at radius 2 is 2.29 bits per heavy atom. The second-order valence-corrected chi connectivity index (χ2v) is 5.51. The zero-order chi connectivity index (χ0) is 15.4. The smallest absolute Gasteiger partial charge is 0.271 e. The van der Waals surface area contributed by atoms with Gasteiger partial charge in [-0.1, -0.05) is 18.5 Å². The molecule has 1 fully saturated rings. The van der Waals surface area contributed by atoms with E-state index in [0.29, 0.717) is 30.4 Å². The molecule has 0 aliphatic carbocycles. The van der Waals surface area contributed by atoms with E-state index in [9.17, 15) is 9.59 Å². The van der Waals surface area contributed by atoms with Crippen molar-refractivity contribution in [2.45, 2.75) is 25.9 Å². The second-order valence-electron chi connectivity index (χ2n) is 5.07. The summed E-state index contributed by atoms with van der Waals surface area (Å²) < 4.78 is 1.85. The predicted molar refractivity (Wildman–Crippen MR) is 81.5 cm³/mol. The fraction of sp³-hybridized carbons (Fsp3) is 0.571. The first-order valence-electron chi connectivity index (χ1n) is 7.17. The number of piperazine rings is 1. The van der Waals surface area contributed by atoms with Gasteiger partial charge in [0.05, 0.1) is 5.02 Å². The Morgan fingerprint density at radius 1 is 1.52 bits per heavy atom. The molecule has 0 radical (unpaired) electrons. The van der Waals surface area contributed by atoms with Crippen molar-refractivity contribution in [2.75, 3.05) is 26.7 Å². The van der Waals surface area contributed by atoms with E-state index in [0.717, 1.165) is 13.0 Å². The van der Waals surface area contributed by atoms with Crippen molar-refractivity contribution in [1.29, 1.82) is 0 Å². The van der Waals surface area contributed by atoms with Crippen LogP contribution in [0.5, 0.6) is 0 Å². The molecule has 1 aliphatic rings. The Hall–Kier alpha value is -1.53. The lowest BCUT2D eigenvalue weighted by Crippen LogP contribution is -2.59. The fourth-order valence-electron chi connectivity index (χ4n) is 2.58. The molecular formula is C14H21ClN4O2. The van der Waals surface area contributed by atoms with Crippen LogP contribution in [0.1, 0.15) is 23.8 Å². The third kappa shape index (κ3) is 3.39. The Balaban J connectivity index is 2.26. The van der Waals surface area contributed by atoms with Crippen LogP contribution in [0, 0.1) is 0 Å². The molecule has 1 saturated heterocycles. The van der Waals surface area contributed by atoms with Gasteiger partial charge in [0, 0.05) is 39.4 Å². The first kappa shape index (κ1) is 15.9. The fourth-order valence-corrected chi connectivity index (χ4v) is 2.80. The zero-order valence-electron chi connectivity index (χ0n) is 12.4. The molecule has 0 spiro atoms. The first-order chi connectivity index (χ1) is 10.1. The first-order valence-corrected chi connectivity index (χ1v) is 7.55. The summed E-state index contributed by atoms with van der Waals surface area (Å²) in [6.07, 6.45) is 2.67. The van der Waals surface area contributed by atoms with Gasteiger partial charge in [-0.05, 0) is 12.5 Å². The lowest BCUT2D eigenvalue weighted by Gasteiger charge is -2.35. The Morgan fingerprint density at radius 3 is 2.95 bits per heavy atom. The van der Waals surface area contributed by atoms with Crippen LogP contribution in [0.4, 0.5) is 0 Å². The van der Waals surface area contributed by atoms with Gasteiger partial charge in [-0.3, -0.25) is 9.59 Å². The molecule has 1 unspecified atom stereocenters. The summed E-state index contributed by atoms with van der Waals surface area (Å²) in [5.41, 5.74) is 0.539. The van der Waals surface area contributed by atoms with Gasteiger partial charge < -0.3 is 20.1 Å². The van der Waals surface area contributed by atoms with Gasteiger partial charge in [0.25, 0.3) is 5.91 Å². The molecule has 2 rings (SSSR count). The van der Waals surface area contributed by atoms with Crippen LogP contribution in [-0.2, 0) is 11.3 Å². The zero-order valence-corrected chi connectivity index (χ0v) is 13.1. The van der Waals surface area contributed by atoms with E-state index in [1.165, 1.54) is 0 Å². The summed E-state index contributed by atoms with van der Waals surface area (Å²) in [5.74, 6) is -0.305. The van der Waals surface area contributed by atoms with E-state index in [2.05, 4.69) is 10.6 Å². The van der Waals surface area contributed by atoms with Crippen LogP contribution in [0.25, 0.3) is 0 Å². The maximum absolute atomic E-state index is 12.8. The number of carbonyl (C=O) groups excluding carboxylic acids is 2. The molecule has 1 aromatic heterocycles. The molecule has 21 heavy (non-hydrogen) atoms. The highest BCUT2D eigenvalue weighted by Gasteiger charge is 2.33. The number of carbonyl (C=O) groups is 2. The maximum atomic E-state index is 12.8. The Kier molecular flexibility index (Phi) is 5.25. The Labute approximate surface area is 129 Å². The van der Waals surface area contributed by atoms with Crippen molar-refractivity contribution in [2.24, 2.45) is 0 Å². The lowest BCUT2D eigenvalue weighted by atomic mass is 10.1. The topological polar surface area (TPSA) is 66.4 Å². The van der Waals surface area contributed by atoms with E-state index >= 15 is 0 Å². The van der Waals surface area contributed by atoms with Crippen LogP contribution >= 0.6 is 11.6 Å². The molecule has 0 aromatic carbocycles. The van der Waals surface area contributed by atoms with Crippen molar-refractivity contribution >= 4 is 23.4 Å². The molecule has 6 nitrogen and oxygen atoms in total. The summed E-state index contributed by atoms with van der Waals surface area (Å²) in [5, 5.41) is 6.29. The van der Waals surface area contributed by atoms with Crippen LogP contribution in [0.3, 0.4) is 0 Å². The maximum Gasteiger partial charge on any atom is 0.271 e. The summed E-state index contributed by atoms with van der Waals surface area (Å²) in [6, 6.07) is 1.18. The number of aromatic nitrogens is 1. The van der Waals surface area contributed by atoms with Gasteiger partial charge in [-0.25, -0.2) is 0 Å². The summed E-state index contributed by atoms with van der Waals surface area (Å²) in [7, 11) is 1.58. The van der Waals surface area contributed by atoms with Gasteiger partial charge in [0.2, 0.25) is 5.91 Å². The van der Waals surface area contributed by atoms with Crippen molar-refractivity contribution in [3.63, 3.8) is 0 Å². The number of likely N-dealkylation sites (N-methyl/N-ethyl adjacent to an activating group) is 1. The molecule has 2 amide bonds. The minimum absolute atomic E-state index is 0.148. The van der Waals surface area contributed by atoms with Crippen molar-refractivity contribution < 1.29 is 9.59 Å². The van der Waals surface area contributed by atoms with Crippen LogP contribution in [0.15, 0.2) is 12.3 Å². The molecular weight excluding hydrogens is 292 g/mol. The largest absolute Gasteiger partial charge is 0.357 e. The number of rotatable bonds is 4. The normalized spacial score (nSPS) is 18.6. The molecule has 1 aromatic rings. The third-order valence-electron chi connectivity index (χ3n) is 3.60. The number of nitrogens with zero attached hydrogens (tertiary/aromatic N) is 2. The van der Waals surface area contributed by atoms with Crippen molar-refractivity contribution in [3.8, 4) is 0 Å².